The van der Waals surface area contributed by atoms with E-state index in [2.05, 4.69) is 46.9 Å². The first-order valence-corrected chi connectivity index (χ1v) is 6.99. The van der Waals surface area contributed by atoms with Gasteiger partial charge >= 0.3 is 0 Å². The topological polar surface area (TPSA) is 30.5 Å². The summed E-state index contributed by atoms with van der Waals surface area (Å²) in [6.45, 7) is 14.1. The number of ether oxygens (including phenoxy) is 2. The van der Waals surface area contributed by atoms with Gasteiger partial charge in [-0.2, -0.15) is 0 Å². The van der Waals surface area contributed by atoms with Crippen LogP contribution >= 0.6 is 0 Å². The maximum absolute atomic E-state index is 5.72. The zero-order chi connectivity index (χ0) is 14.4. The summed E-state index contributed by atoms with van der Waals surface area (Å²) in [5.74, 6) is 0. The lowest BCUT2D eigenvalue weighted by molar-refractivity contribution is -0.0277. The van der Waals surface area contributed by atoms with Crippen LogP contribution in [0.4, 0.5) is 0 Å². The van der Waals surface area contributed by atoms with E-state index in [9.17, 15) is 0 Å². The Morgan fingerprint density at radius 2 is 1.61 bits per heavy atom. The van der Waals surface area contributed by atoms with Crippen molar-refractivity contribution < 1.29 is 9.47 Å². The molecule has 1 N–H and O–H groups in total. The average molecular weight is 259 g/mol. The third kappa shape index (κ3) is 6.17. The molecule has 2 atom stereocenters. The van der Waals surface area contributed by atoms with Crippen molar-refractivity contribution in [1.82, 2.24) is 5.32 Å². The van der Waals surface area contributed by atoms with Gasteiger partial charge in [-0.05, 0) is 38.6 Å². The SMILES string of the molecule is CCNC(CCC(C)(C)OC)C(OC)C(C)(C)C. The van der Waals surface area contributed by atoms with E-state index >= 15 is 0 Å². The minimum atomic E-state index is -0.0656. The van der Waals surface area contributed by atoms with Gasteiger partial charge in [0.25, 0.3) is 0 Å². The van der Waals surface area contributed by atoms with Crippen LogP contribution in [0.5, 0.6) is 0 Å². The molecule has 0 radical (unpaired) electrons. The molecule has 18 heavy (non-hydrogen) atoms. The van der Waals surface area contributed by atoms with Crippen LogP contribution in [0.1, 0.15) is 54.4 Å². The van der Waals surface area contributed by atoms with Gasteiger partial charge in [-0.25, -0.2) is 0 Å². The summed E-state index contributed by atoms with van der Waals surface area (Å²) in [6.07, 6.45) is 2.30. The molecule has 0 spiro atoms. The zero-order valence-electron chi connectivity index (χ0n) is 13.6. The predicted octanol–water partition coefficient (Wildman–Crippen LogP) is 3.23. The van der Waals surface area contributed by atoms with Crippen molar-refractivity contribution in [3.05, 3.63) is 0 Å². The largest absolute Gasteiger partial charge is 0.379 e. The molecule has 3 nitrogen and oxygen atoms in total. The van der Waals surface area contributed by atoms with Gasteiger partial charge in [0.05, 0.1) is 11.7 Å². The first-order valence-electron chi connectivity index (χ1n) is 6.99. The average Bonchev–Trinajstić information content (AvgIpc) is 2.25. The Kier molecular flexibility index (Phi) is 7.41. The van der Waals surface area contributed by atoms with Crippen molar-refractivity contribution in [3.8, 4) is 0 Å². The third-order valence-electron chi connectivity index (χ3n) is 3.55. The Bertz CT molecular complexity index is 221. The molecule has 0 aromatic carbocycles. The molecule has 0 rings (SSSR count). The lowest BCUT2D eigenvalue weighted by Crippen LogP contribution is -2.48. The molecule has 0 aliphatic rings. The van der Waals surface area contributed by atoms with E-state index < -0.39 is 0 Å². The van der Waals surface area contributed by atoms with Crippen LogP contribution in [0.15, 0.2) is 0 Å². The van der Waals surface area contributed by atoms with Gasteiger partial charge < -0.3 is 14.8 Å². The van der Waals surface area contributed by atoms with Crippen LogP contribution in [-0.4, -0.2) is 38.5 Å². The Labute approximate surface area is 114 Å². The van der Waals surface area contributed by atoms with Gasteiger partial charge in [0.1, 0.15) is 0 Å². The van der Waals surface area contributed by atoms with E-state index in [1.807, 2.05) is 7.11 Å². The van der Waals surface area contributed by atoms with Crippen LogP contribution in [-0.2, 0) is 9.47 Å². The molecule has 0 aromatic heterocycles. The van der Waals surface area contributed by atoms with Gasteiger partial charge in [0, 0.05) is 20.3 Å². The molecule has 0 fully saturated rings. The maximum Gasteiger partial charge on any atom is 0.0772 e. The lowest BCUT2D eigenvalue weighted by Gasteiger charge is -2.37. The summed E-state index contributed by atoms with van der Waals surface area (Å²) in [7, 11) is 3.58. The first-order chi connectivity index (χ1) is 8.18. The fraction of sp³-hybridized carbons (Fsp3) is 1.00. The van der Waals surface area contributed by atoms with Gasteiger partial charge in [0.15, 0.2) is 0 Å². The van der Waals surface area contributed by atoms with Gasteiger partial charge in [-0.15, -0.1) is 0 Å². The molecule has 2 unspecified atom stereocenters. The van der Waals surface area contributed by atoms with Gasteiger partial charge in [0.2, 0.25) is 0 Å². The summed E-state index contributed by atoms with van der Waals surface area (Å²) in [4.78, 5) is 0. The molecule has 0 bridgehead atoms. The fourth-order valence-corrected chi connectivity index (χ4v) is 2.35. The molecular weight excluding hydrogens is 226 g/mol. The lowest BCUT2D eigenvalue weighted by atomic mass is 9.82. The highest BCUT2D eigenvalue weighted by molar-refractivity contribution is 4.87. The minimum absolute atomic E-state index is 0.0656. The summed E-state index contributed by atoms with van der Waals surface area (Å²) < 4.78 is 11.2. The molecular formula is C15H33NO2. The highest BCUT2D eigenvalue weighted by Crippen LogP contribution is 2.28. The monoisotopic (exact) mass is 259 g/mol. The fourth-order valence-electron chi connectivity index (χ4n) is 2.35. The van der Waals surface area contributed by atoms with Crippen LogP contribution in [0, 0.1) is 5.41 Å². The summed E-state index contributed by atoms with van der Waals surface area (Å²) >= 11 is 0. The molecule has 3 heteroatoms. The molecule has 0 aliphatic heterocycles. The predicted molar refractivity (Wildman–Crippen MR) is 78.0 cm³/mol. The maximum atomic E-state index is 5.72. The van der Waals surface area contributed by atoms with Crippen molar-refractivity contribution in [3.63, 3.8) is 0 Å². The van der Waals surface area contributed by atoms with Crippen molar-refractivity contribution in [2.45, 2.75) is 72.1 Å². The number of nitrogens with one attached hydrogen (secondary N) is 1. The van der Waals surface area contributed by atoms with E-state index in [4.69, 9.17) is 9.47 Å². The standard InChI is InChI=1S/C15H33NO2/c1-9-16-12(10-11-15(5,6)18-8)13(17-7)14(2,3)4/h12-13,16H,9-11H2,1-8H3. The second-order valence-electron chi connectivity index (χ2n) is 6.69. The highest BCUT2D eigenvalue weighted by Gasteiger charge is 2.32. The molecule has 0 heterocycles. The normalized spacial score (nSPS) is 16.7. The summed E-state index contributed by atoms with van der Waals surface area (Å²) in [5.41, 5.74) is 0.0721. The minimum Gasteiger partial charge on any atom is -0.379 e. The third-order valence-corrected chi connectivity index (χ3v) is 3.55. The van der Waals surface area contributed by atoms with E-state index in [0.29, 0.717) is 6.04 Å². The number of hydrogen-bond donors (Lipinski definition) is 1. The van der Waals surface area contributed by atoms with E-state index in [-0.39, 0.29) is 17.1 Å². The van der Waals surface area contributed by atoms with Crippen LogP contribution in [0.2, 0.25) is 0 Å². The smallest absolute Gasteiger partial charge is 0.0772 e. The quantitative estimate of drug-likeness (QED) is 0.726. The molecule has 0 saturated carbocycles. The Morgan fingerprint density at radius 1 is 1.06 bits per heavy atom. The van der Waals surface area contributed by atoms with Crippen LogP contribution in [0.25, 0.3) is 0 Å². The second kappa shape index (κ2) is 7.46. The van der Waals surface area contributed by atoms with E-state index in [1.165, 1.54) is 0 Å². The van der Waals surface area contributed by atoms with Crippen molar-refractivity contribution in [2.75, 3.05) is 20.8 Å². The summed E-state index contributed by atoms with van der Waals surface area (Å²) in [6, 6.07) is 0.370. The van der Waals surface area contributed by atoms with E-state index in [1.54, 1.807) is 7.11 Å². The van der Waals surface area contributed by atoms with E-state index in [0.717, 1.165) is 19.4 Å². The number of hydrogen-bond acceptors (Lipinski definition) is 3. The Balaban J connectivity index is 4.64. The van der Waals surface area contributed by atoms with Crippen LogP contribution in [0.3, 0.4) is 0 Å². The first kappa shape index (κ1) is 17.9. The van der Waals surface area contributed by atoms with Gasteiger partial charge in [-0.1, -0.05) is 27.7 Å². The Morgan fingerprint density at radius 3 is 1.94 bits per heavy atom. The van der Waals surface area contributed by atoms with Gasteiger partial charge in [-0.3, -0.25) is 0 Å². The van der Waals surface area contributed by atoms with Crippen LogP contribution < -0.4 is 5.32 Å². The Hall–Kier alpha value is -0.120. The number of rotatable bonds is 8. The molecule has 0 aromatic rings. The molecule has 0 saturated heterocycles. The van der Waals surface area contributed by atoms with Crippen molar-refractivity contribution >= 4 is 0 Å². The number of methoxy groups -OCH3 is 2. The highest BCUT2D eigenvalue weighted by atomic mass is 16.5. The van der Waals surface area contributed by atoms with Crippen molar-refractivity contribution in [2.24, 2.45) is 5.41 Å². The number of likely N-dealkylation sites (N-methyl/N-ethyl adjacent to an activating group) is 1. The second-order valence-corrected chi connectivity index (χ2v) is 6.69. The molecule has 0 aliphatic carbocycles. The zero-order valence-corrected chi connectivity index (χ0v) is 13.6. The summed E-state index contributed by atoms with van der Waals surface area (Å²) in [5, 5.41) is 3.56. The molecule has 110 valence electrons. The molecule has 0 amide bonds. The van der Waals surface area contributed by atoms with Crippen molar-refractivity contribution in [1.29, 1.82) is 0 Å².